The second-order valence-corrected chi connectivity index (χ2v) is 13.2. The van der Waals surface area contributed by atoms with E-state index in [1.54, 1.807) is 24.3 Å². The summed E-state index contributed by atoms with van der Waals surface area (Å²) in [4.78, 5) is 28.9. The van der Waals surface area contributed by atoms with Gasteiger partial charge in [0.1, 0.15) is 12.6 Å². The summed E-state index contributed by atoms with van der Waals surface area (Å²) in [6, 6.07) is 19.2. The molecule has 3 aromatic rings. The maximum Gasteiger partial charge on any atom is 0.264 e. The fraction of sp³-hybridized carbons (Fsp3) is 0.333. The molecule has 2 amide bonds. The molecule has 3 aromatic carbocycles. The molecule has 0 aliphatic carbocycles. The summed E-state index contributed by atoms with van der Waals surface area (Å²) in [5.74, 6) is -0.888. The molecule has 0 unspecified atom stereocenters. The van der Waals surface area contributed by atoms with Crippen molar-refractivity contribution in [1.29, 1.82) is 0 Å². The van der Waals surface area contributed by atoms with Crippen molar-refractivity contribution in [3.05, 3.63) is 94.0 Å². The highest BCUT2D eigenvalue weighted by Gasteiger charge is 2.35. The van der Waals surface area contributed by atoms with E-state index in [0.717, 1.165) is 15.4 Å². The zero-order valence-electron chi connectivity index (χ0n) is 23.3. The Labute approximate surface area is 247 Å². The van der Waals surface area contributed by atoms with Crippen LogP contribution < -0.4 is 9.62 Å². The molecule has 0 radical (unpaired) electrons. The van der Waals surface area contributed by atoms with Crippen molar-refractivity contribution in [3.8, 4) is 0 Å². The number of amides is 2. The van der Waals surface area contributed by atoms with Crippen molar-refractivity contribution in [3.63, 3.8) is 0 Å². The number of halogens is 2. The normalized spacial score (nSPS) is 12.5. The lowest BCUT2D eigenvalue weighted by molar-refractivity contribution is -0.141. The molecule has 0 aliphatic rings. The van der Waals surface area contributed by atoms with Crippen LogP contribution in [0, 0.1) is 6.92 Å². The Morgan fingerprint density at radius 2 is 1.55 bits per heavy atom. The van der Waals surface area contributed by atoms with Gasteiger partial charge in [0.05, 0.1) is 20.6 Å². The quantitative estimate of drug-likeness (QED) is 0.298. The van der Waals surface area contributed by atoms with Gasteiger partial charge in [-0.25, -0.2) is 8.42 Å². The van der Waals surface area contributed by atoms with E-state index in [0.29, 0.717) is 6.42 Å². The van der Waals surface area contributed by atoms with Crippen LogP contribution in [-0.4, -0.2) is 43.3 Å². The van der Waals surface area contributed by atoms with Gasteiger partial charge in [0.2, 0.25) is 11.8 Å². The molecule has 40 heavy (non-hydrogen) atoms. The van der Waals surface area contributed by atoms with E-state index in [1.807, 2.05) is 58.9 Å². The van der Waals surface area contributed by atoms with Crippen LogP contribution in [0.15, 0.2) is 77.7 Å². The summed E-state index contributed by atoms with van der Waals surface area (Å²) in [5.41, 5.74) is 1.39. The molecule has 0 aliphatic heterocycles. The Balaban J connectivity index is 2.10. The minimum atomic E-state index is -4.24. The number of hydrogen-bond acceptors (Lipinski definition) is 4. The van der Waals surface area contributed by atoms with Crippen molar-refractivity contribution < 1.29 is 18.0 Å². The second kappa shape index (κ2) is 13.1. The predicted octanol–water partition coefficient (Wildman–Crippen LogP) is 6.22. The summed E-state index contributed by atoms with van der Waals surface area (Å²) < 4.78 is 28.7. The van der Waals surface area contributed by atoms with Gasteiger partial charge in [-0.05, 0) is 63.9 Å². The van der Waals surface area contributed by atoms with Gasteiger partial charge in [-0.1, -0.05) is 84.2 Å². The van der Waals surface area contributed by atoms with Gasteiger partial charge < -0.3 is 10.2 Å². The fourth-order valence-electron chi connectivity index (χ4n) is 4.18. The number of rotatable bonds is 10. The standard InChI is InChI=1S/C30H35Cl2N3O4S/c1-6-25(29(37)33-30(3,4)5)34(19-22-17-15-21(2)16-18-22)27(36)20-35(26-14-10-13-24(31)28(26)32)40(38,39)23-11-8-7-9-12-23/h7-18,25H,6,19-20H2,1-5H3,(H,33,37)/t25-/m0/s1. The summed E-state index contributed by atoms with van der Waals surface area (Å²) in [5, 5.41) is 3.10. The van der Waals surface area contributed by atoms with Gasteiger partial charge in [0.15, 0.2) is 0 Å². The maximum absolute atomic E-state index is 14.1. The highest BCUT2D eigenvalue weighted by Crippen LogP contribution is 2.35. The number of hydrogen-bond donors (Lipinski definition) is 1. The monoisotopic (exact) mass is 603 g/mol. The van der Waals surface area contributed by atoms with Crippen LogP contribution in [0.2, 0.25) is 10.0 Å². The Morgan fingerprint density at radius 3 is 2.12 bits per heavy atom. The average molecular weight is 605 g/mol. The number of nitrogens with zero attached hydrogens (tertiary/aromatic N) is 2. The zero-order valence-corrected chi connectivity index (χ0v) is 25.6. The van der Waals surface area contributed by atoms with Crippen LogP contribution in [0.4, 0.5) is 5.69 Å². The second-order valence-electron chi connectivity index (χ2n) is 10.6. The minimum absolute atomic E-state index is 0.000857. The average Bonchev–Trinajstić information content (AvgIpc) is 2.89. The molecule has 3 rings (SSSR count). The minimum Gasteiger partial charge on any atom is -0.350 e. The van der Waals surface area contributed by atoms with Gasteiger partial charge in [0.25, 0.3) is 10.0 Å². The zero-order chi connectivity index (χ0) is 29.7. The maximum atomic E-state index is 14.1. The van der Waals surface area contributed by atoms with Crippen molar-refractivity contribution in [2.45, 2.75) is 64.1 Å². The van der Waals surface area contributed by atoms with Crippen LogP contribution in [-0.2, 0) is 26.2 Å². The van der Waals surface area contributed by atoms with Crippen LogP contribution in [0.5, 0.6) is 0 Å². The van der Waals surface area contributed by atoms with E-state index in [4.69, 9.17) is 23.2 Å². The van der Waals surface area contributed by atoms with Gasteiger partial charge >= 0.3 is 0 Å². The van der Waals surface area contributed by atoms with Gasteiger partial charge in [-0.3, -0.25) is 13.9 Å². The molecule has 0 fully saturated rings. The lowest BCUT2D eigenvalue weighted by atomic mass is 10.1. The molecular weight excluding hydrogens is 569 g/mol. The Morgan fingerprint density at radius 1 is 0.925 bits per heavy atom. The Bertz CT molecular complexity index is 1440. The molecule has 7 nitrogen and oxygen atoms in total. The fourth-order valence-corrected chi connectivity index (χ4v) is 6.08. The van der Waals surface area contributed by atoms with Crippen LogP contribution in [0.3, 0.4) is 0 Å². The third-order valence-electron chi connectivity index (χ3n) is 6.17. The molecule has 10 heteroatoms. The number of anilines is 1. The molecule has 0 saturated heterocycles. The van der Waals surface area contributed by atoms with E-state index >= 15 is 0 Å². The predicted molar refractivity (Wildman–Crippen MR) is 161 cm³/mol. The lowest BCUT2D eigenvalue weighted by Gasteiger charge is -2.35. The number of carbonyl (C=O) groups excluding carboxylic acids is 2. The summed E-state index contributed by atoms with van der Waals surface area (Å²) in [6.45, 7) is 8.87. The number of sulfonamides is 1. The largest absolute Gasteiger partial charge is 0.350 e. The molecule has 1 atom stereocenters. The molecule has 214 valence electrons. The van der Waals surface area contributed by atoms with E-state index < -0.39 is 34.1 Å². The van der Waals surface area contributed by atoms with Crippen LogP contribution >= 0.6 is 23.2 Å². The first-order valence-corrected chi connectivity index (χ1v) is 15.1. The first-order chi connectivity index (χ1) is 18.7. The topological polar surface area (TPSA) is 86.8 Å². The Kier molecular flexibility index (Phi) is 10.3. The smallest absolute Gasteiger partial charge is 0.264 e. The number of nitrogens with one attached hydrogen (secondary N) is 1. The number of aryl methyl sites for hydroxylation is 1. The first kappa shape index (κ1) is 31.5. The van der Waals surface area contributed by atoms with E-state index in [1.165, 1.54) is 29.2 Å². The number of benzene rings is 3. The highest BCUT2D eigenvalue weighted by atomic mass is 35.5. The third kappa shape index (κ3) is 7.77. The molecular formula is C30H35Cl2N3O4S. The van der Waals surface area contributed by atoms with Crippen molar-refractivity contribution in [1.82, 2.24) is 10.2 Å². The van der Waals surface area contributed by atoms with Crippen molar-refractivity contribution in [2.75, 3.05) is 10.8 Å². The van der Waals surface area contributed by atoms with Gasteiger partial charge in [-0.15, -0.1) is 0 Å². The molecule has 0 heterocycles. The summed E-state index contributed by atoms with van der Waals surface area (Å²) >= 11 is 12.7. The van der Waals surface area contributed by atoms with Gasteiger partial charge in [0, 0.05) is 12.1 Å². The molecule has 0 spiro atoms. The molecule has 0 saturated carbocycles. The van der Waals surface area contributed by atoms with Crippen molar-refractivity contribution in [2.24, 2.45) is 0 Å². The SMILES string of the molecule is CC[C@@H](C(=O)NC(C)(C)C)N(Cc1ccc(C)cc1)C(=O)CN(c1cccc(Cl)c1Cl)S(=O)(=O)c1ccccc1. The highest BCUT2D eigenvalue weighted by molar-refractivity contribution is 7.92. The van der Waals surface area contributed by atoms with Crippen LogP contribution in [0.1, 0.15) is 45.2 Å². The molecule has 0 bridgehead atoms. The Hall–Kier alpha value is -3.07. The van der Waals surface area contributed by atoms with Gasteiger partial charge in [-0.2, -0.15) is 0 Å². The first-order valence-electron chi connectivity index (χ1n) is 12.9. The molecule has 1 N–H and O–H groups in total. The van der Waals surface area contributed by atoms with E-state index in [9.17, 15) is 18.0 Å². The number of carbonyl (C=O) groups is 2. The van der Waals surface area contributed by atoms with Crippen LogP contribution in [0.25, 0.3) is 0 Å². The van der Waals surface area contributed by atoms with E-state index in [2.05, 4.69) is 5.32 Å². The summed E-state index contributed by atoms with van der Waals surface area (Å²) in [7, 11) is -4.24. The lowest BCUT2D eigenvalue weighted by Crippen LogP contribution is -2.55. The molecule has 0 aromatic heterocycles. The third-order valence-corrected chi connectivity index (χ3v) is 8.75. The van der Waals surface area contributed by atoms with E-state index in [-0.39, 0.29) is 33.1 Å². The summed E-state index contributed by atoms with van der Waals surface area (Å²) in [6.07, 6.45) is 0.322. The van der Waals surface area contributed by atoms with Crippen molar-refractivity contribution >= 4 is 50.7 Å².